The van der Waals surface area contributed by atoms with Crippen LogP contribution in [0.4, 0.5) is 0 Å². The average molecular weight is 220 g/mol. The van der Waals surface area contributed by atoms with E-state index in [4.69, 9.17) is 9.84 Å². The molecule has 16 heavy (non-hydrogen) atoms. The Morgan fingerprint density at radius 2 is 2.38 bits per heavy atom. The van der Waals surface area contributed by atoms with E-state index in [0.29, 0.717) is 5.82 Å². The van der Waals surface area contributed by atoms with Crippen LogP contribution in [0.5, 0.6) is 5.88 Å². The molecule has 0 fully saturated rings. The molecular weight excluding hydrogens is 212 g/mol. The molecule has 0 aliphatic heterocycles. The second-order valence-electron chi connectivity index (χ2n) is 2.85. The number of hydrogen-bond donors (Lipinski definition) is 1. The van der Waals surface area contributed by atoms with Gasteiger partial charge < -0.3 is 9.84 Å². The second kappa shape index (κ2) is 4.39. The molecule has 0 radical (unpaired) electrons. The highest BCUT2D eigenvalue weighted by atomic mass is 16.5. The molecule has 1 N–H and O–H groups in total. The predicted molar refractivity (Wildman–Crippen MR) is 52.3 cm³/mol. The summed E-state index contributed by atoms with van der Waals surface area (Å²) < 4.78 is 6.44. The number of aliphatic carboxylic acids is 1. The molecule has 7 nitrogen and oxygen atoms in total. The van der Waals surface area contributed by atoms with Gasteiger partial charge in [-0.3, -0.25) is 0 Å². The third-order valence-electron chi connectivity index (χ3n) is 1.71. The van der Waals surface area contributed by atoms with Crippen LogP contribution < -0.4 is 4.74 Å². The molecule has 0 aliphatic rings. The average Bonchev–Trinajstić information content (AvgIpc) is 2.80. The number of nitrogens with zero attached hydrogens (tertiary/aromatic N) is 4. The van der Waals surface area contributed by atoms with Gasteiger partial charge in [0, 0.05) is 18.5 Å². The molecule has 0 spiro atoms. The van der Waals surface area contributed by atoms with E-state index in [9.17, 15) is 4.79 Å². The van der Waals surface area contributed by atoms with Crippen LogP contribution in [0.3, 0.4) is 0 Å². The van der Waals surface area contributed by atoms with Crippen molar-refractivity contribution in [2.24, 2.45) is 0 Å². The largest absolute Gasteiger partial charge is 0.479 e. The van der Waals surface area contributed by atoms with Gasteiger partial charge in [0.05, 0.1) is 0 Å². The van der Waals surface area contributed by atoms with Crippen molar-refractivity contribution < 1.29 is 14.6 Å². The third kappa shape index (κ3) is 2.32. The van der Waals surface area contributed by atoms with Gasteiger partial charge in [-0.1, -0.05) is 0 Å². The molecule has 82 valence electrons. The van der Waals surface area contributed by atoms with Crippen molar-refractivity contribution in [2.75, 3.05) is 6.61 Å². The van der Waals surface area contributed by atoms with Gasteiger partial charge in [-0.15, -0.1) is 0 Å². The molecule has 0 saturated heterocycles. The molecule has 0 aliphatic carbocycles. The van der Waals surface area contributed by atoms with Crippen LogP contribution >= 0.6 is 0 Å². The first-order valence-corrected chi connectivity index (χ1v) is 4.42. The zero-order valence-corrected chi connectivity index (χ0v) is 8.15. The number of carboxylic acids is 1. The van der Waals surface area contributed by atoms with Gasteiger partial charge in [0.2, 0.25) is 5.88 Å². The number of ether oxygens (including phenoxy) is 1. The van der Waals surface area contributed by atoms with Crippen LogP contribution in [0.1, 0.15) is 0 Å². The van der Waals surface area contributed by atoms with E-state index in [1.807, 2.05) is 0 Å². The maximum absolute atomic E-state index is 10.3. The van der Waals surface area contributed by atoms with Crippen molar-refractivity contribution >= 4 is 5.97 Å². The number of hydrogen-bond acceptors (Lipinski definition) is 5. The Balaban J connectivity index is 2.17. The van der Waals surface area contributed by atoms with Gasteiger partial charge in [0.25, 0.3) is 0 Å². The van der Waals surface area contributed by atoms with Gasteiger partial charge in [0.15, 0.2) is 12.4 Å². The molecule has 2 rings (SSSR count). The van der Waals surface area contributed by atoms with Gasteiger partial charge >= 0.3 is 5.97 Å². The van der Waals surface area contributed by atoms with Crippen LogP contribution in [0.15, 0.2) is 30.9 Å². The fourth-order valence-electron chi connectivity index (χ4n) is 1.07. The summed E-state index contributed by atoms with van der Waals surface area (Å²) in [7, 11) is 0. The second-order valence-corrected chi connectivity index (χ2v) is 2.85. The molecule has 0 unspecified atom stereocenters. The summed E-state index contributed by atoms with van der Waals surface area (Å²) in [6, 6.07) is 3.26. The summed E-state index contributed by atoms with van der Waals surface area (Å²) in [6.45, 7) is -0.435. The quantitative estimate of drug-likeness (QED) is 0.787. The molecular formula is C9H8N4O3. The van der Waals surface area contributed by atoms with Gasteiger partial charge in [-0.2, -0.15) is 5.10 Å². The number of carbonyl (C=O) groups is 1. The first-order chi connectivity index (χ1) is 7.75. The minimum Gasteiger partial charge on any atom is -0.479 e. The van der Waals surface area contributed by atoms with Crippen molar-refractivity contribution in [1.29, 1.82) is 0 Å². The Morgan fingerprint density at radius 1 is 1.50 bits per heavy atom. The molecule has 0 aromatic carbocycles. The maximum atomic E-state index is 10.3. The molecule has 0 atom stereocenters. The number of aromatic nitrogens is 4. The van der Waals surface area contributed by atoms with Crippen LogP contribution in [0, 0.1) is 0 Å². The standard InChI is InChI=1S/C9H8N4O3/c14-9(15)5-16-8-4-7(10-6-11-8)13-3-1-2-12-13/h1-4,6H,5H2,(H,14,15). The SMILES string of the molecule is O=C(O)COc1cc(-n2cccn2)ncn1. The smallest absolute Gasteiger partial charge is 0.341 e. The number of rotatable bonds is 4. The van der Waals surface area contributed by atoms with Crippen molar-refractivity contribution in [1.82, 2.24) is 19.7 Å². The van der Waals surface area contributed by atoms with Gasteiger partial charge in [-0.25, -0.2) is 19.4 Å². The summed E-state index contributed by atoms with van der Waals surface area (Å²) in [4.78, 5) is 18.1. The van der Waals surface area contributed by atoms with Crippen molar-refractivity contribution in [3.8, 4) is 11.7 Å². The summed E-state index contributed by atoms with van der Waals surface area (Å²) in [6.07, 6.45) is 4.61. The Bertz CT molecular complexity index is 483. The summed E-state index contributed by atoms with van der Waals surface area (Å²) in [5.74, 6) is -0.345. The summed E-state index contributed by atoms with van der Waals surface area (Å²) in [5.41, 5.74) is 0. The Kier molecular flexibility index (Phi) is 2.77. The first-order valence-electron chi connectivity index (χ1n) is 4.42. The Hall–Kier alpha value is -2.44. The van der Waals surface area contributed by atoms with E-state index in [1.165, 1.54) is 17.1 Å². The lowest BCUT2D eigenvalue weighted by Gasteiger charge is -2.03. The van der Waals surface area contributed by atoms with E-state index >= 15 is 0 Å². The Morgan fingerprint density at radius 3 is 3.06 bits per heavy atom. The highest BCUT2D eigenvalue weighted by molar-refractivity contribution is 5.68. The van der Waals surface area contributed by atoms with Crippen molar-refractivity contribution in [2.45, 2.75) is 0 Å². The van der Waals surface area contributed by atoms with Crippen LogP contribution in [0.2, 0.25) is 0 Å². The fourth-order valence-corrected chi connectivity index (χ4v) is 1.07. The summed E-state index contributed by atoms with van der Waals surface area (Å²) in [5, 5.41) is 12.4. The summed E-state index contributed by atoms with van der Waals surface area (Å²) >= 11 is 0. The minimum atomic E-state index is -1.06. The van der Waals surface area contributed by atoms with E-state index in [-0.39, 0.29) is 5.88 Å². The van der Waals surface area contributed by atoms with Crippen molar-refractivity contribution in [3.05, 3.63) is 30.9 Å². The van der Waals surface area contributed by atoms with E-state index < -0.39 is 12.6 Å². The monoisotopic (exact) mass is 220 g/mol. The lowest BCUT2D eigenvalue weighted by Crippen LogP contribution is -2.10. The highest BCUT2D eigenvalue weighted by Gasteiger charge is 2.03. The Labute approximate surface area is 90.3 Å². The normalized spacial score (nSPS) is 10.0. The molecule has 7 heteroatoms. The molecule has 2 heterocycles. The first kappa shape index (κ1) is 10.1. The zero-order valence-electron chi connectivity index (χ0n) is 8.15. The topological polar surface area (TPSA) is 90.1 Å². The molecule has 2 aromatic rings. The number of carboxylic acid groups (broad SMARTS) is 1. The van der Waals surface area contributed by atoms with E-state index in [0.717, 1.165) is 0 Å². The maximum Gasteiger partial charge on any atom is 0.341 e. The lowest BCUT2D eigenvalue weighted by molar-refractivity contribution is -0.139. The molecule has 0 amide bonds. The molecule has 2 aromatic heterocycles. The third-order valence-corrected chi connectivity index (χ3v) is 1.71. The minimum absolute atomic E-state index is 0.197. The van der Waals surface area contributed by atoms with E-state index in [2.05, 4.69) is 15.1 Å². The van der Waals surface area contributed by atoms with Gasteiger partial charge in [-0.05, 0) is 6.07 Å². The van der Waals surface area contributed by atoms with Gasteiger partial charge in [0.1, 0.15) is 6.33 Å². The zero-order chi connectivity index (χ0) is 11.4. The van der Waals surface area contributed by atoms with Crippen LogP contribution in [0.25, 0.3) is 5.82 Å². The van der Waals surface area contributed by atoms with Crippen LogP contribution in [-0.2, 0) is 4.79 Å². The molecule has 0 saturated carbocycles. The van der Waals surface area contributed by atoms with Crippen LogP contribution in [-0.4, -0.2) is 37.4 Å². The van der Waals surface area contributed by atoms with E-state index in [1.54, 1.807) is 18.5 Å². The highest BCUT2D eigenvalue weighted by Crippen LogP contribution is 2.09. The fraction of sp³-hybridized carbons (Fsp3) is 0.111. The lowest BCUT2D eigenvalue weighted by atomic mass is 10.5. The predicted octanol–water partition coefficient (Wildman–Crippen LogP) is 0.126. The molecule has 0 bridgehead atoms. The van der Waals surface area contributed by atoms with Crippen molar-refractivity contribution in [3.63, 3.8) is 0 Å².